The van der Waals surface area contributed by atoms with Gasteiger partial charge in [-0.3, -0.25) is 14.4 Å². The molecule has 1 aliphatic heterocycles. The van der Waals surface area contributed by atoms with Gasteiger partial charge >= 0.3 is 6.09 Å². The lowest BCUT2D eigenvalue weighted by Crippen LogP contribution is -2.38. The van der Waals surface area contributed by atoms with Crippen LogP contribution in [0, 0.1) is 24.2 Å². The van der Waals surface area contributed by atoms with E-state index in [4.69, 9.17) is 31.1 Å². The van der Waals surface area contributed by atoms with E-state index in [1.54, 1.807) is 32.1 Å². The Morgan fingerprint density at radius 3 is 2.53 bits per heavy atom. The average molecular weight is 628 g/mol. The largest absolute Gasteiger partial charge is 0.439 e. The molecule has 0 unspecified atom stereocenters. The Bertz CT molecular complexity index is 1300. The van der Waals surface area contributed by atoms with Crippen molar-refractivity contribution in [1.29, 1.82) is 0 Å². The maximum atomic E-state index is 13.7. The molecule has 2 rings (SSSR count). The van der Waals surface area contributed by atoms with Gasteiger partial charge in [0.25, 0.3) is 5.91 Å². The van der Waals surface area contributed by atoms with E-state index in [0.717, 1.165) is 6.08 Å². The fraction of sp³-hybridized carbons (Fsp3) is 0.515. The Labute approximate surface area is 264 Å². The Balaban J connectivity index is 2.57. The van der Waals surface area contributed by atoms with E-state index < -0.39 is 53.9 Å². The second-order valence-corrected chi connectivity index (χ2v) is 11.1. The molecule has 0 spiro atoms. The number of amides is 2. The molecule has 2 amide bonds. The van der Waals surface area contributed by atoms with Crippen molar-refractivity contribution >= 4 is 23.6 Å². The van der Waals surface area contributed by atoms with E-state index in [2.05, 4.69) is 16.6 Å². The Morgan fingerprint density at radius 2 is 1.91 bits per heavy atom. The van der Waals surface area contributed by atoms with Crippen LogP contribution in [0.4, 0.5) is 4.79 Å². The first-order chi connectivity index (χ1) is 21.3. The van der Waals surface area contributed by atoms with Crippen LogP contribution in [0.25, 0.3) is 0 Å². The van der Waals surface area contributed by atoms with Crippen LogP contribution in [-0.2, 0) is 33.3 Å². The number of terminal acetylenes is 1. The minimum absolute atomic E-state index is 0.106. The van der Waals surface area contributed by atoms with Crippen LogP contribution in [0.15, 0.2) is 58.5 Å². The van der Waals surface area contributed by atoms with Crippen LogP contribution in [0.5, 0.6) is 0 Å². The second-order valence-electron chi connectivity index (χ2n) is 11.1. The number of allylic oxidation sites excluding steroid dienone is 4. The number of rotatable bonds is 8. The molecule has 0 aromatic rings. The summed E-state index contributed by atoms with van der Waals surface area (Å²) in [6, 6.07) is 0. The molecule has 0 aromatic heterocycles. The summed E-state index contributed by atoms with van der Waals surface area (Å²) in [5, 5.41) is 16.8. The van der Waals surface area contributed by atoms with E-state index in [9.17, 15) is 24.3 Å². The fourth-order valence-corrected chi connectivity index (χ4v) is 5.16. The molecule has 0 saturated carbocycles. The third-order valence-electron chi connectivity index (χ3n) is 7.53. The molecular weight excluding hydrogens is 582 g/mol. The molecule has 2 aliphatic rings. The van der Waals surface area contributed by atoms with Crippen LogP contribution in [-0.4, -0.2) is 87.1 Å². The van der Waals surface area contributed by atoms with E-state index >= 15 is 0 Å². The summed E-state index contributed by atoms with van der Waals surface area (Å²) in [6.45, 7) is 7.48. The number of carbonyl (C=O) groups is 4. The Kier molecular flexibility index (Phi) is 14.9. The highest BCUT2D eigenvalue weighted by Gasteiger charge is 2.33. The number of Topliss-reactive ketones (excluding diaryl/α,β-unsaturated/α-hetero) is 1. The molecule has 12 nitrogen and oxygen atoms in total. The van der Waals surface area contributed by atoms with E-state index in [0.29, 0.717) is 12.0 Å². The minimum atomic E-state index is -1.01. The zero-order valence-electron chi connectivity index (χ0n) is 26.8. The summed E-state index contributed by atoms with van der Waals surface area (Å²) in [6.07, 6.45) is 8.80. The third kappa shape index (κ3) is 10.8. The van der Waals surface area contributed by atoms with Gasteiger partial charge < -0.3 is 40.4 Å². The summed E-state index contributed by atoms with van der Waals surface area (Å²) in [5.74, 6) is 0.0911. The molecule has 0 aromatic carbocycles. The summed E-state index contributed by atoms with van der Waals surface area (Å²) in [7, 11) is 2.91. The summed E-state index contributed by atoms with van der Waals surface area (Å²) in [4.78, 5) is 51.7. The van der Waals surface area contributed by atoms with Crippen LogP contribution in [0.1, 0.15) is 40.5 Å². The first-order valence-electron chi connectivity index (χ1n) is 14.7. The molecule has 45 heavy (non-hydrogen) atoms. The highest BCUT2D eigenvalue weighted by Crippen LogP contribution is 2.28. The van der Waals surface area contributed by atoms with Crippen molar-refractivity contribution in [3.63, 3.8) is 0 Å². The first-order valence-corrected chi connectivity index (χ1v) is 14.7. The summed E-state index contributed by atoms with van der Waals surface area (Å²) >= 11 is 0. The zero-order valence-corrected chi connectivity index (χ0v) is 26.8. The van der Waals surface area contributed by atoms with Gasteiger partial charge in [0.1, 0.15) is 12.7 Å². The second kappa shape index (κ2) is 18.1. The lowest BCUT2D eigenvalue weighted by atomic mass is 9.85. The average Bonchev–Trinajstić information content (AvgIpc) is 2.99. The molecule has 246 valence electrons. The standard InChI is InChI=1S/C33H45N3O9/c1-8-13-44-14-12-35-28-23-15-19(2)16-27(43-7)29(38)21(4)17-22(5)31(45-33(34)41)26(42-6)11-9-10-20(3)32(40)36-24(30(23)39)18-25(28)37/h1,9-11,17-19,21,26-27,29,31,35,38H,12-16H2,2-7H3,(H2,34,41)(H,36,40)/b11-9-,20-10+,22-17+/t19-,21+,26+,27+,29-,31+/m1/s1. The molecule has 1 heterocycles. The lowest BCUT2D eigenvalue weighted by Gasteiger charge is -2.30. The number of aliphatic hydroxyl groups is 1. The highest BCUT2D eigenvalue weighted by atomic mass is 16.6. The van der Waals surface area contributed by atoms with Gasteiger partial charge in [-0.2, -0.15) is 0 Å². The number of nitrogens with two attached hydrogens (primary N) is 1. The number of methoxy groups -OCH3 is 2. The smallest absolute Gasteiger partial charge is 0.405 e. The normalized spacial score (nSPS) is 30.2. The van der Waals surface area contributed by atoms with Crippen molar-refractivity contribution in [1.82, 2.24) is 10.6 Å². The molecule has 6 atom stereocenters. The van der Waals surface area contributed by atoms with Gasteiger partial charge in [-0.25, -0.2) is 4.79 Å². The number of aliphatic hydroxyl groups excluding tert-OH is 1. The van der Waals surface area contributed by atoms with Gasteiger partial charge in [-0.15, -0.1) is 6.42 Å². The van der Waals surface area contributed by atoms with Gasteiger partial charge in [0.05, 0.1) is 30.2 Å². The quantitative estimate of drug-likeness (QED) is 0.135. The lowest BCUT2D eigenvalue weighted by molar-refractivity contribution is -0.120. The van der Waals surface area contributed by atoms with E-state index in [-0.39, 0.29) is 54.6 Å². The Morgan fingerprint density at radius 1 is 1.20 bits per heavy atom. The van der Waals surface area contributed by atoms with E-state index in [1.807, 2.05) is 6.92 Å². The van der Waals surface area contributed by atoms with Gasteiger partial charge in [0.2, 0.25) is 11.6 Å². The minimum Gasteiger partial charge on any atom is -0.439 e. The predicted molar refractivity (Wildman–Crippen MR) is 167 cm³/mol. The molecule has 1 aliphatic carbocycles. The fourth-order valence-electron chi connectivity index (χ4n) is 5.16. The van der Waals surface area contributed by atoms with Crippen LogP contribution >= 0.6 is 0 Å². The van der Waals surface area contributed by atoms with Crippen LogP contribution < -0.4 is 16.4 Å². The number of carbonyl (C=O) groups excluding carboxylic acids is 4. The maximum Gasteiger partial charge on any atom is 0.405 e. The molecule has 0 saturated heterocycles. The molecule has 0 fully saturated rings. The SMILES string of the molecule is C#CCOCCNC1=C2C[C@@H](C)C[C@H](OC)[C@H](O)[C@@H](C)/C=C(\C)[C@H](OC(N)=O)[C@@H](OC)/C=C\C=C(/C)C(=O)NC(=CC1=O)C2=O. The van der Waals surface area contributed by atoms with Crippen molar-refractivity contribution in [2.75, 3.05) is 34.0 Å². The number of nitrogens with one attached hydrogen (secondary N) is 2. The number of fused-ring (bicyclic) bond motifs is 2. The van der Waals surface area contributed by atoms with Crippen molar-refractivity contribution in [3.8, 4) is 12.3 Å². The van der Waals surface area contributed by atoms with Crippen LogP contribution in [0.3, 0.4) is 0 Å². The number of ether oxygens (including phenoxy) is 4. The van der Waals surface area contributed by atoms with Gasteiger partial charge in [0.15, 0.2) is 6.10 Å². The van der Waals surface area contributed by atoms with Crippen LogP contribution in [0.2, 0.25) is 0 Å². The summed E-state index contributed by atoms with van der Waals surface area (Å²) in [5.41, 5.74) is 6.31. The first kappa shape index (κ1) is 37.2. The van der Waals surface area contributed by atoms with Gasteiger partial charge in [-0.05, 0) is 38.2 Å². The molecule has 0 radical (unpaired) electrons. The molecule has 5 N–H and O–H groups in total. The number of primary amides is 1. The number of ketones is 2. The molecular formula is C33H45N3O9. The topological polar surface area (TPSA) is 176 Å². The van der Waals surface area contributed by atoms with E-state index in [1.165, 1.54) is 27.2 Å². The predicted octanol–water partition coefficient (Wildman–Crippen LogP) is 2.00. The van der Waals surface area contributed by atoms with Crippen molar-refractivity contribution in [2.45, 2.75) is 65.0 Å². The maximum absolute atomic E-state index is 13.7. The van der Waals surface area contributed by atoms with Gasteiger partial charge in [0, 0.05) is 43.9 Å². The van der Waals surface area contributed by atoms with Crippen molar-refractivity contribution in [2.24, 2.45) is 17.6 Å². The third-order valence-corrected chi connectivity index (χ3v) is 7.53. The monoisotopic (exact) mass is 627 g/mol. The number of hydrogen-bond acceptors (Lipinski definition) is 10. The van der Waals surface area contributed by atoms with Crippen molar-refractivity contribution < 1.29 is 43.2 Å². The Hall–Kier alpha value is -4.02. The zero-order chi connectivity index (χ0) is 33.7. The summed E-state index contributed by atoms with van der Waals surface area (Å²) < 4.78 is 21.9. The molecule has 12 heteroatoms. The van der Waals surface area contributed by atoms with Gasteiger partial charge in [-0.1, -0.05) is 44.1 Å². The number of hydrogen-bond donors (Lipinski definition) is 4. The van der Waals surface area contributed by atoms with Crippen molar-refractivity contribution in [3.05, 3.63) is 58.5 Å². The molecule has 2 bridgehead atoms. The highest BCUT2D eigenvalue weighted by molar-refractivity contribution is 6.23.